The third-order valence-electron chi connectivity index (χ3n) is 0.401. The van der Waals surface area contributed by atoms with Gasteiger partial charge in [-0.25, -0.2) is 0 Å². The first-order chi connectivity index (χ1) is 3.41. The monoisotopic (exact) mass is 99.1 g/mol. The minimum Gasteiger partial charge on any atom is -0.417 e. The lowest BCUT2D eigenvalue weighted by Gasteiger charge is -1.88. The van der Waals surface area contributed by atoms with Crippen molar-refractivity contribution in [2.75, 3.05) is 7.05 Å². The average Bonchev–Trinajstić information content (AvgIpc) is 1.69. The van der Waals surface area contributed by atoms with E-state index in [0.717, 1.165) is 0 Å². The molecule has 0 amide bonds. The van der Waals surface area contributed by atoms with Crippen LogP contribution in [0.3, 0.4) is 0 Å². The number of hydroxylamine groups is 1. The zero-order valence-corrected chi connectivity index (χ0v) is 4.35. The predicted octanol–water partition coefficient (Wildman–Crippen LogP) is 0.837. The number of allylic oxidation sites excluding steroid dienone is 2. The number of hydrogen-bond acceptors (Lipinski definition) is 2. The van der Waals surface area contributed by atoms with Gasteiger partial charge in [0.25, 0.3) is 0 Å². The Morgan fingerprint density at radius 2 is 2.43 bits per heavy atom. The summed E-state index contributed by atoms with van der Waals surface area (Å²) in [6, 6.07) is 0. The highest BCUT2D eigenvalue weighted by atomic mass is 16.6. The van der Waals surface area contributed by atoms with Crippen LogP contribution in [0.4, 0.5) is 0 Å². The van der Waals surface area contributed by atoms with Gasteiger partial charge in [0.05, 0.1) is 0 Å². The van der Waals surface area contributed by atoms with E-state index >= 15 is 0 Å². The van der Waals surface area contributed by atoms with Gasteiger partial charge in [-0.1, -0.05) is 12.7 Å². The van der Waals surface area contributed by atoms with Crippen LogP contribution in [-0.4, -0.2) is 7.05 Å². The quantitative estimate of drug-likeness (QED) is 0.321. The van der Waals surface area contributed by atoms with E-state index in [9.17, 15) is 0 Å². The van der Waals surface area contributed by atoms with E-state index in [1.54, 1.807) is 19.2 Å². The second-order valence-corrected chi connectivity index (χ2v) is 0.886. The summed E-state index contributed by atoms with van der Waals surface area (Å²) in [5.74, 6) is 0. The van der Waals surface area contributed by atoms with Crippen molar-refractivity contribution in [1.29, 1.82) is 0 Å². The summed E-state index contributed by atoms with van der Waals surface area (Å²) in [5.41, 5.74) is 2.47. The maximum absolute atomic E-state index is 4.57. The van der Waals surface area contributed by atoms with Crippen molar-refractivity contribution >= 4 is 0 Å². The Morgan fingerprint density at radius 1 is 1.71 bits per heavy atom. The van der Waals surface area contributed by atoms with Crippen LogP contribution in [0, 0.1) is 0 Å². The van der Waals surface area contributed by atoms with Gasteiger partial charge in [0.15, 0.2) is 0 Å². The van der Waals surface area contributed by atoms with Crippen LogP contribution < -0.4 is 5.48 Å². The summed E-state index contributed by atoms with van der Waals surface area (Å²) in [4.78, 5) is 4.57. The van der Waals surface area contributed by atoms with Crippen LogP contribution in [0.25, 0.3) is 0 Å². The fraction of sp³-hybridized carbons (Fsp3) is 0.200. The molecule has 0 aliphatic rings. The summed E-state index contributed by atoms with van der Waals surface area (Å²) < 4.78 is 0. The fourth-order valence-corrected chi connectivity index (χ4v) is 0.163. The second-order valence-electron chi connectivity index (χ2n) is 0.886. The van der Waals surface area contributed by atoms with E-state index < -0.39 is 0 Å². The van der Waals surface area contributed by atoms with Gasteiger partial charge in [0.1, 0.15) is 6.26 Å². The first-order valence-electron chi connectivity index (χ1n) is 2.01. The number of hydrogen-bond donors (Lipinski definition) is 1. The van der Waals surface area contributed by atoms with Gasteiger partial charge in [-0.3, -0.25) is 0 Å². The molecule has 0 fully saturated rings. The lowest BCUT2D eigenvalue weighted by atomic mass is 10.6. The second kappa shape index (κ2) is 5.24. The molecule has 0 atom stereocenters. The zero-order valence-electron chi connectivity index (χ0n) is 4.35. The van der Waals surface area contributed by atoms with Crippen LogP contribution in [0.15, 0.2) is 25.0 Å². The van der Waals surface area contributed by atoms with Crippen LogP contribution in [0.1, 0.15) is 0 Å². The topological polar surface area (TPSA) is 21.3 Å². The Hall–Kier alpha value is -0.760. The van der Waals surface area contributed by atoms with Gasteiger partial charge in [-0.2, -0.15) is 5.48 Å². The smallest absolute Gasteiger partial charge is 0.111 e. The standard InChI is InChI=1S/C5H9NO/c1-3-4-5-7-6-2/h3-6H,1H2,2H3/b5-4+. The van der Waals surface area contributed by atoms with Crippen molar-refractivity contribution in [2.24, 2.45) is 0 Å². The molecule has 0 bridgehead atoms. The molecular weight excluding hydrogens is 90.1 g/mol. The van der Waals surface area contributed by atoms with E-state index in [1.807, 2.05) is 0 Å². The van der Waals surface area contributed by atoms with Gasteiger partial charge < -0.3 is 4.84 Å². The Morgan fingerprint density at radius 3 is 2.86 bits per heavy atom. The molecular formula is C5H9NO. The van der Waals surface area contributed by atoms with Crippen LogP contribution >= 0.6 is 0 Å². The summed E-state index contributed by atoms with van der Waals surface area (Å²) in [7, 11) is 1.69. The third kappa shape index (κ3) is 5.24. The third-order valence-corrected chi connectivity index (χ3v) is 0.401. The Bertz CT molecular complexity index is 68.5. The molecule has 0 aliphatic heterocycles. The summed E-state index contributed by atoms with van der Waals surface area (Å²) >= 11 is 0. The number of rotatable bonds is 3. The summed E-state index contributed by atoms with van der Waals surface area (Å²) in [5, 5.41) is 0. The van der Waals surface area contributed by atoms with Gasteiger partial charge in [0.2, 0.25) is 0 Å². The molecule has 0 unspecified atom stereocenters. The Labute approximate surface area is 43.4 Å². The van der Waals surface area contributed by atoms with Gasteiger partial charge in [-0.05, 0) is 6.08 Å². The minimum atomic E-state index is 1.51. The van der Waals surface area contributed by atoms with Crippen LogP contribution in [0.5, 0.6) is 0 Å². The molecule has 0 heterocycles. The molecule has 0 aromatic rings. The molecule has 0 radical (unpaired) electrons. The van der Waals surface area contributed by atoms with Gasteiger partial charge in [0, 0.05) is 7.05 Å². The highest BCUT2D eigenvalue weighted by Crippen LogP contribution is 1.69. The molecule has 40 valence electrons. The molecule has 0 saturated carbocycles. The highest BCUT2D eigenvalue weighted by molar-refractivity contribution is 4.92. The molecule has 1 N–H and O–H groups in total. The van der Waals surface area contributed by atoms with Gasteiger partial charge in [-0.15, -0.1) is 0 Å². The lowest BCUT2D eigenvalue weighted by molar-refractivity contribution is 0.158. The van der Waals surface area contributed by atoms with Crippen molar-refractivity contribution < 1.29 is 4.84 Å². The van der Waals surface area contributed by atoms with E-state index in [0.29, 0.717) is 0 Å². The first kappa shape index (κ1) is 6.24. The zero-order chi connectivity index (χ0) is 5.54. The van der Waals surface area contributed by atoms with Crippen molar-refractivity contribution in [3.8, 4) is 0 Å². The van der Waals surface area contributed by atoms with Crippen molar-refractivity contribution in [3.05, 3.63) is 25.0 Å². The fourth-order valence-electron chi connectivity index (χ4n) is 0.163. The summed E-state index contributed by atoms with van der Waals surface area (Å²) in [6.07, 6.45) is 4.83. The van der Waals surface area contributed by atoms with Crippen molar-refractivity contribution in [3.63, 3.8) is 0 Å². The molecule has 7 heavy (non-hydrogen) atoms. The molecule has 0 saturated heterocycles. The minimum absolute atomic E-state index is 1.51. The summed E-state index contributed by atoms with van der Waals surface area (Å²) in [6.45, 7) is 3.44. The van der Waals surface area contributed by atoms with E-state index in [1.165, 1.54) is 6.26 Å². The Kier molecular flexibility index (Phi) is 4.67. The van der Waals surface area contributed by atoms with Gasteiger partial charge >= 0.3 is 0 Å². The first-order valence-corrected chi connectivity index (χ1v) is 2.01. The van der Waals surface area contributed by atoms with E-state index in [4.69, 9.17) is 0 Å². The van der Waals surface area contributed by atoms with E-state index in [-0.39, 0.29) is 0 Å². The molecule has 0 rings (SSSR count). The average molecular weight is 99.1 g/mol. The van der Waals surface area contributed by atoms with Crippen molar-refractivity contribution in [2.45, 2.75) is 0 Å². The molecule has 0 aromatic carbocycles. The highest BCUT2D eigenvalue weighted by Gasteiger charge is 1.59. The number of nitrogens with one attached hydrogen (secondary N) is 1. The molecule has 2 heteroatoms. The molecule has 2 nitrogen and oxygen atoms in total. The molecule has 0 aromatic heterocycles. The maximum atomic E-state index is 4.57. The SMILES string of the molecule is C=C/C=C/ONC. The lowest BCUT2D eigenvalue weighted by Crippen LogP contribution is -1.99. The molecule has 0 spiro atoms. The van der Waals surface area contributed by atoms with Crippen LogP contribution in [-0.2, 0) is 4.84 Å². The maximum Gasteiger partial charge on any atom is 0.111 e. The van der Waals surface area contributed by atoms with E-state index in [2.05, 4.69) is 16.9 Å². The predicted molar refractivity (Wildman–Crippen MR) is 29.5 cm³/mol. The molecule has 0 aliphatic carbocycles. The largest absolute Gasteiger partial charge is 0.417 e. The Balaban J connectivity index is 2.92. The van der Waals surface area contributed by atoms with Crippen LogP contribution in [0.2, 0.25) is 0 Å². The van der Waals surface area contributed by atoms with Crippen molar-refractivity contribution in [1.82, 2.24) is 5.48 Å². The normalized spacial score (nSPS) is 9.29.